The number of nitrogens with one attached hydrogen (secondary N) is 1. The number of rotatable bonds is 5. The predicted octanol–water partition coefficient (Wildman–Crippen LogP) is 3.05. The number of anilines is 1. The second kappa shape index (κ2) is 6.81. The SMILES string of the molecule is Cn1cnnc1Sc1ccccc1NS(=O)(=O)c1cc(F)cc(F)c1. The van der Waals surface area contributed by atoms with Crippen LogP contribution in [0.5, 0.6) is 0 Å². The maximum absolute atomic E-state index is 13.3. The molecule has 0 saturated heterocycles. The van der Waals surface area contributed by atoms with E-state index in [-0.39, 0.29) is 5.69 Å². The van der Waals surface area contributed by atoms with Crippen LogP contribution in [0.4, 0.5) is 14.5 Å². The van der Waals surface area contributed by atoms with Crippen molar-refractivity contribution in [2.24, 2.45) is 7.05 Å². The summed E-state index contributed by atoms with van der Waals surface area (Å²) in [6.07, 6.45) is 1.52. The van der Waals surface area contributed by atoms with Crippen molar-refractivity contribution >= 4 is 27.5 Å². The molecule has 25 heavy (non-hydrogen) atoms. The highest BCUT2D eigenvalue weighted by Gasteiger charge is 2.19. The van der Waals surface area contributed by atoms with E-state index in [1.165, 1.54) is 18.1 Å². The van der Waals surface area contributed by atoms with E-state index in [4.69, 9.17) is 0 Å². The average molecular weight is 382 g/mol. The van der Waals surface area contributed by atoms with Crippen molar-refractivity contribution in [3.63, 3.8) is 0 Å². The zero-order chi connectivity index (χ0) is 18.0. The van der Waals surface area contributed by atoms with Crippen molar-refractivity contribution in [3.05, 3.63) is 60.4 Å². The van der Waals surface area contributed by atoms with E-state index in [1.54, 1.807) is 35.9 Å². The van der Waals surface area contributed by atoms with Gasteiger partial charge in [0.25, 0.3) is 10.0 Å². The van der Waals surface area contributed by atoms with Crippen molar-refractivity contribution < 1.29 is 17.2 Å². The summed E-state index contributed by atoms with van der Waals surface area (Å²) < 4.78 is 55.5. The fourth-order valence-electron chi connectivity index (χ4n) is 1.99. The third kappa shape index (κ3) is 3.97. The number of hydrogen-bond donors (Lipinski definition) is 1. The second-order valence-corrected chi connectivity index (χ2v) is 7.72. The number of aromatic nitrogens is 3. The highest BCUT2D eigenvalue weighted by molar-refractivity contribution is 7.99. The minimum atomic E-state index is -4.16. The molecule has 0 spiro atoms. The summed E-state index contributed by atoms with van der Waals surface area (Å²) in [7, 11) is -2.40. The Bertz CT molecular complexity index is 1000. The molecule has 0 unspecified atom stereocenters. The zero-order valence-corrected chi connectivity index (χ0v) is 14.5. The largest absolute Gasteiger partial charge is 0.311 e. The lowest BCUT2D eigenvalue weighted by Crippen LogP contribution is -2.14. The monoisotopic (exact) mass is 382 g/mol. The van der Waals surface area contributed by atoms with Gasteiger partial charge < -0.3 is 4.57 Å². The van der Waals surface area contributed by atoms with Crippen LogP contribution in [0, 0.1) is 11.6 Å². The van der Waals surface area contributed by atoms with E-state index in [1.807, 2.05) is 0 Å². The van der Waals surface area contributed by atoms with Gasteiger partial charge in [-0.2, -0.15) is 0 Å². The second-order valence-electron chi connectivity index (χ2n) is 5.03. The average Bonchev–Trinajstić information content (AvgIpc) is 2.93. The number of para-hydroxylation sites is 1. The highest BCUT2D eigenvalue weighted by atomic mass is 32.2. The number of halogens is 2. The number of benzene rings is 2. The highest BCUT2D eigenvalue weighted by Crippen LogP contribution is 2.33. The third-order valence-corrected chi connectivity index (χ3v) is 5.62. The first-order valence-electron chi connectivity index (χ1n) is 6.95. The van der Waals surface area contributed by atoms with Crippen LogP contribution >= 0.6 is 11.8 Å². The first-order chi connectivity index (χ1) is 11.8. The molecule has 2 aromatic carbocycles. The van der Waals surface area contributed by atoms with Gasteiger partial charge in [0, 0.05) is 18.0 Å². The molecule has 130 valence electrons. The molecule has 0 bridgehead atoms. The van der Waals surface area contributed by atoms with Gasteiger partial charge in [0.2, 0.25) is 0 Å². The Hall–Kier alpha value is -2.46. The molecule has 0 aliphatic carbocycles. The van der Waals surface area contributed by atoms with Gasteiger partial charge in [-0.1, -0.05) is 12.1 Å². The third-order valence-electron chi connectivity index (χ3n) is 3.15. The van der Waals surface area contributed by atoms with Gasteiger partial charge in [-0.05, 0) is 36.0 Å². The predicted molar refractivity (Wildman–Crippen MR) is 88.7 cm³/mol. The van der Waals surface area contributed by atoms with E-state index in [2.05, 4.69) is 14.9 Å². The van der Waals surface area contributed by atoms with Crippen LogP contribution in [0.1, 0.15) is 0 Å². The van der Waals surface area contributed by atoms with Crippen molar-refractivity contribution in [3.8, 4) is 0 Å². The number of nitrogens with zero attached hydrogens (tertiary/aromatic N) is 3. The molecule has 0 radical (unpaired) electrons. The normalized spacial score (nSPS) is 11.5. The van der Waals surface area contributed by atoms with Gasteiger partial charge in [-0.15, -0.1) is 10.2 Å². The number of hydrogen-bond acceptors (Lipinski definition) is 5. The van der Waals surface area contributed by atoms with Gasteiger partial charge in [0.05, 0.1) is 10.6 Å². The maximum Gasteiger partial charge on any atom is 0.262 e. The lowest BCUT2D eigenvalue weighted by molar-refractivity contribution is 0.568. The van der Waals surface area contributed by atoms with Gasteiger partial charge in [0.1, 0.15) is 18.0 Å². The summed E-state index contributed by atoms with van der Waals surface area (Å²) in [5.41, 5.74) is 0.264. The molecule has 6 nitrogen and oxygen atoms in total. The quantitative estimate of drug-likeness (QED) is 0.734. The molecule has 1 aromatic heterocycles. The van der Waals surface area contributed by atoms with Crippen LogP contribution in [0.25, 0.3) is 0 Å². The molecule has 0 atom stereocenters. The van der Waals surface area contributed by atoms with Crippen molar-refractivity contribution in [1.29, 1.82) is 0 Å². The van der Waals surface area contributed by atoms with Crippen molar-refractivity contribution in [2.45, 2.75) is 14.9 Å². The van der Waals surface area contributed by atoms with Gasteiger partial charge in [0.15, 0.2) is 5.16 Å². The van der Waals surface area contributed by atoms with Crippen molar-refractivity contribution in [1.82, 2.24) is 14.8 Å². The molecular weight excluding hydrogens is 370 g/mol. The molecule has 0 aliphatic heterocycles. The Balaban J connectivity index is 1.93. The molecule has 0 saturated carbocycles. The molecule has 1 N–H and O–H groups in total. The van der Waals surface area contributed by atoms with E-state index in [0.29, 0.717) is 16.1 Å². The van der Waals surface area contributed by atoms with Crippen LogP contribution < -0.4 is 4.72 Å². The first-order valence-corrected chi connectivity index (χ1v) is 9.25. The molecule has 1 heterocycles. The Labute approximate surface area is 147 Å². The molecular formula is C15H12F2N4O2S2. The Kier molecular flexibility index (Phi) is 4.73. The van der Waals surface area contributed by atoms with Crippen LogP contribution in [0.15, 0.2) is 63.7 Å². The Morgan fingerprint density at radius 2 is 1.80 bits per heavy atom. The standard InChI is InChI=1S/C15H12F2N4O2S2/c1-21-9-18-19-15(21)24-14-5-3-2-4-13(14)20-25(22,23)12-7-10(16)6-11(17)8-12/h2-9,20H,1H3. The molecule has 3 rings (SSSR count). The van der Waals surface area contributed by atoms with E-state index >= 15 is 0 Å². The molecule has 3 aromatic rings. The molecule has 0 fully saturated rings. The topological polar surface area (TPSA) is 76.9 Å². The Morgan fingerprint density at radius 3 is 2.44 bits per heavy atom. The van der Waals surface area contributed by atoms with Gasteiger partial charge in [-0.25, -0.2) is 17.2 Å². The minimum absolute atomic E-state index is 0.264. The molecule has 0 aliphatic rings. The maximum atomic E-state index is 13.3. The summed E-state index contributed by atoms with van der Waals surface area (Å²) in [5.74, 6) is -1.94. The summed E-state index contributed by atoms with van der Waals surface area (Å²) in [6.45, 7) is 0. The minimum Gasteiger partial charge on any atom is -0.311 e. The fraction of sp³-hybridized carbons (Fsp3) is 0.0667. The van der Waals surface area contributed by atoms with E-state index in [9.17, 15) is 17.2 Å². The lowest BCUT2D eigenvalue weighted by atomic mass is 10.3. The lowest BCUT2D eigenvalue weighted by Gasteiger charge is -2.12. The van der Waals surface area contributed by atoms with Crippen LogP contribution in [-0.4, -0.2) is 23.2 Å². The Morgan fingerprint density at radius 1 is 1.12 bits per heavy atom. The molecule has 0 amide bonds. The van der Waals surface area contributed by atoms with Gasteiger partial charge >= 0.3 is 0 Å². The van der Waals surface area contributed by atoms with E-state index < -0.39 is 26.6 Å². The summed E-state index contributed by atoms with van der Waals surface area (Å²) >= 11 is 1.20. The summed E-state index contributed by atoms with van der Waals surface area (Å²) in [6, 6.07) is 8.74. The van der Waals surface area contributed by atoms with Crippen LogP contribution in [-0.2, 0) is 17.1 Å². The van der Waals surface area contributed by atoms with Crippen LogP contribution in [0.2, 0.25) is 0 Å². The zero-order valence-electron chi connectivity index (χ0n) is 12.8. The summed E-state index contributed by atoms with van der Waals surface area (Å²) in [5, 5.41) is 8.25. The number of aryl methyl sites for hydroxylation is 1. The summed E-state index contributed by atoms with van der Waals surface area (Å²) in [4.78, 5) is 0.0718. The number of sulfonamides is 1. The smallest absolute Gasteiger partial charge is 0.262 e. The fourth-order valence-corrected chi connectivity index (χ4v) is 4.03. The van der Waals surface area contributed by atoms with E-state index in [0.717, 1.165) is 12.1 Å². The molecule has 10 heteroatoms. The van der Waals surface area contributed by atoms with Gasteiger partial charge in [-0.3, -0.25) is 4.72 Å². The first kappa shape index (κ1) is 17.4. The van der Waals surface area contributed by atoms with Crippen LogP contribution in [0.3, 0.4) is 0 Å². The van der Waals surface area contributed by atoms with Crippen molar-refractivity contribution in [2.75, 3.05) is 4.72 Å².